The van der Waals surface area contributed by atoms with Gasteiger partial charge in [0.25, 0.3) is 5.91 Å². The second kappa shape index (κ2) is 5.78. The molecule has 0 unspecified atom stereocenters. The maximum atomic E-state index is 13.3. The molecule has 0 aliphatic rings. The van der Waals surface area contributed by atoms with Gasteiger partial charge < -0.3 is 11.1 Å². The zero-order valence-corrected chi connectivity index (χ0v) is 10.6. The van der Waals surface area contributed by atoms with Crippen LogP contribution in [0.4, 0.5) is 10.1 Å². The van der Waals surface area contributed by atoms with Gasteiger partial charge in [-0.25, -0.2) is 17.5 Å². The Hall–Kier alpha value is -1.67. The number of carbonyl (C=O) groups is 1. The van der Waals surface area contributed by atoms with E-state index in [0.717, 1.165) is 12.3 Å². The zero-order valence-electron chi connectivity index (χ0n) is 9.73. The third-order valence-electron chi connectivity index (χ3n) is 2.01. The van der Waals surface area contributed by atoms with Gasteiger partial charge in [-0.3, -0.25) is 4.79 Å². The molecular weight excluding hydrogens is 261 g/mol. The fourth-order valence-electron chi connectivity index (χ4n) is 1.22. The summed E-state index contributed by atoms with van der Waals surface area (Å²) in [6.07, 6.45) is 1.01. The molecule has 0 aliphatic heterocycles. The van der Waals surface area contributed by atoms with Gasteiger partial charge in [0.05, 0.1) is 11.8 Å². The first-order valence-electron chi connectivity index (χ1n) is 5.07. The van der Waals surface area contributed by atoms with Crippen molar-refractivity contribution in [3.8, 4) is 0 Å². The average Bonchev–Trinajstić information content (AvgIpc) is 2.26. The summed E-state index contributed by atoms with van der Waals surface area (Å²) in [4.78, 5) is 11.6. The minimum Gasteiger partial charge on any atom is -0.399 e. The average molecular weight is 275 g/mol. The van der Waals surface area contributed by atoms with Gasteiger partial charge in [-0.2, -0.15) is 0 Å². The number of nitrogens with one attached hydrogen (secondary N) is 2. The lowest BCUT2D eigenvalue weighted by molar-refractivity contribution is 0.0950. The first-order chi connectivity index (χ1) is 8.29. The summed E-state index contributed by atoms with van der Waals surface area (Å²) in [5.41, 5.74) is 5.54. The number of anilines is 1. The van der Waals surface area contributed by atoms with E-state index in [1.807, 2.05) is 0 Å². The largest absolute Gasteiger partial charge is 0.399 e. The van der Waals surface area contributed by atoms with Gasteiger partial charge in [0.2, 0.25) is 10.0 Å². The Kier molecular flexibility index (Phi) is 4.62. The Morgan fingerprint density at radius 3 is 2.67 bits per heavy atom. The van der Waals surface area contributed by atoms with Crippen LogP contribution in [0.25, 0.3) is 0 Å². The second-order valence-electron chi connectivity index (χ2n) is 3.66. The Bertz CT molecular complexity index is 545. The van der Waals surface area contributed by atoms with Gasteiger partial charge in [0.15, 0.2) is 0 Å². The molecule has 0 heterocycles. The van der Waals surface area contributed by atoms with Crippen LogP contribution in [0, 0.1) is 5.82 Å². The Labute approximate surface area is 104 Å². The highest BCUT2D eigenvalue weighted by Gasteiger charge is 2.11. The lowest BCUT2D eigenvalue weighted by Crippen LogP contribution is -2.34. The van der Waals surface area contributed by atoms with Crippen molar-refractivity contribution in [2.24, 2.45) is 0 Å². The third-order valence-corrected chi connectivity index (χ3v) is 2.74. The lowest BCUT2D eigenvalue weighted by Gasteiger charge is -2.07. The molecule has 0 aromatic heterocycles. The molecule has 0 radical (unpaired) electrons. The fraction of sp³-hybridized carbons (Fsp3) is 0.300. The SMILES string of the molecule is CS(=O)(=O)NCCNC(=O)c1cc(N)ccc1F. The Balaban J connectivity index is 2.53. The molecule has 0 fully saturated rings. The number of carbonyl (C=O) groups excluding carboxylic acids is 1. The van der Waals surface area contributed by atoms with Crippen LogP contribution in [0.15, 0.2) is 18.2 Å². The molecule has 1 rings (SSSR count). The molecular formula is C10H14FN3O3S. The second-order valence-corrected chi connectivity index (χ2v) is 5.49. The minimum absolute atomic E-state index is 0.0362. The number of benzene rings is 1. The molecule has 0 saturated carbocycles. The van der Waals surface area contributed by atoms with Crippen LogP contribution >= 0.6 is 0 Å². The van der Waals surface area contributed by atoms with Crippen LogP contribution in [0.2, 0.25) is 0 Å². The van der Waals surface area contributed by atoms with E-state index in [4.69, 9.17) is 5.73 Å². The maximum Gasteiger partial charge on any atom is 0.254 e. The number of hydrogen-bond acceptors (Lipinski definition) is 4. The van der Waals surface area contributed by atoms with Gasteiger partial charge in [0.1, 0.15) is 5.82 Å². The maximum absolute atomic E-state index is 13.3. The molecule has 0 bridgehead atoms. The van der Waals surface area contributed by atoms with E-state index in [0.29, 0.717) is 0 Å². The first-order valence-corrected chi connectivity index (χ1v) is 6.96. The van der Waals surface area contributed by atoms with Crippen molar-refractivity contribution in [1.29, 1.82) is 0 Å². The summed E-state index contributed by atoms with van der Waals surface area (Å²) in [5, 5.41) is 2.38. The lowest BCUT2D eigenvalue weighted by atomic mass is 10.2. The van der Waals surface area contributed by atoms with Crippen LogP contribution in [-0.2, 0) is 10.0 Å². The summed E-state index contributed by atoms with van der Waals surface area (Å²) in [6, 6.07) is 3.66. The van der Waals surface area contributed by atoms with Crippen molar-refractivity contribution in [2.45, 2.75) is 0 Å². The highest BCUT2D eigenvalue weighted by Crippen LogP contribution is 2.11. The number of halogens is 1. The van der Waals surface area contributed by atoms with Crippen molar-refractivity contribution in [1.82, 2.24) is 10.0 Å². The molecule has 18 heavy (non-hydrogen) atoms. The van der Waals surface area contributed by atoms with Crippen molar-refractivity contribution < 1.29 is 17.6 Å². The van der Waals surface area contributed by atoms with E-state index >= 15 is 0 Å². The monoisotopic (exact) mass is 275 g/mol. The van der Waals surface area contributed by atoms with E-state index < -0.39 is 21.7 Å². The van der Waals surface area contributed by atoms with Crippen molar-refractivity contribution in [3.05, 3.63) is 29.6 Å². The predicted molar refractivity (Wildman–Crippen MR) is 66.0 cm³/mol. The molecule has 100 valence electrons. The molecule has 4 N–H and O–H groups in total. The molecule has 0 saturated heterocycles. The fourth-order valence-corrected chi connectivity index (χ4v) is 1.70. The van der Waals surface area contributed by atoms with E-state index in [-0.39, 0.29) is 24.3 Å². The van der Waals surface area contributed by atoms with Crippen molar-refractivity contribution in [2.75, 3.05) is 25.1 Å². The molecule has 8 heteroatoms. The quantitative estimate of drug-likeness (QED) is 0.506. The highest BCUT2D eigenvalue weighted by atomic mass is 32.2. The molecule has 1 aromatic carbocycles. The number of amides is 1. The molecule has 0 aliphatic carbocycles. The van der Waals surface area contributed by atoms with Crippen LogP contribution in [0.1, 0.15) is 10.4 Å². The summed E-state index contributed by atoms with van der Waals surface area (Å²) in [6.45, 7) is 0.0919. The summed E-state index contributed by atoms with van der Waals surface area (Å²) < 4.78 is 37.0. The van der Waals surface area contributed by atoms with Crippen LogP contribution in [0.5, 0.6) is 0 Å². The van der Waals surface area contributed by atoms with E-state index in [9.17, 15) is 17.6 Å². The van der Waals surface area contributed by atoms with E-state index in [1.54, 1.807) is 0 Å². The van der Waals surface area contributed by atoms with E-state index in [1.165, 1.54) is 12.1 Å². The molecule has 0 atom stereocenters. The number of nitrogens with two attached hydrogens (primary N) is 1. The van der Waals surface area contributed by atoms with Gasteiger partial charge in [-0.05, 0) is 18.2 Å². The van der Waals surface area contributed by atoms with Crippen molar-refractivity contribution >= 4 is 21.6 Å². The van der Waals surface area contributed by atoms with Gasteiger partial charge >= 0.3 is 0 Å². The van der Waals surface area contributed by atoms with Gasteiger partial charge in [0, 0.05) is 18.8 Å². The molecule has 1 amide bonds. The Morgan fingerprint density at radius 2 is 2.06 bits per heavy atom. The minimum atomic E-state index is -3.30. The molecule has 6 nitrogen and oxygen atoms in total. The molecule has 0 spiro atoms. The topological polar surface area (TPSA) is 101 Å². The van der Waals surface area contributed by atoms with Gasteiger partial charge in [-0.15, -0.1) is 0 Å². The number of sulfonamides is 1. The van der Waals surface area contributed by atoms with Crippen LogP contribution < -0.4 is 15.8 Å². The first kappa shape index (κ1) is 14.4. The van der Waals surface area contributed by atoms with Crippen LogP contribution in [0.3, 0.4) is 0 Å². The number of nitrogen functional groups attached to an aromatic ring is 1. The normalized spacial score (nSPS) is 11.2. The smallest absolute Gasteiger partial charge is 0.254 e. The third kappa shape index (κ3) is 4.68. The van der Waals surface area contributed by atoms with Crippen LogP contribution in [-0.4, -0.2) is 33.7 Å². The standard InChI is InChI=1S/C10H14FN3O3S/c1-18(16,17)14-5-4-13-10(15)8-6-7(12)2-3-9(8)11/h2-3,6,14H,4-5,12H2,1H3,(H,13,15). The van der Waals surface area contributed by atoms with E-state index in [2.05, 4.69) is 10.0 Å². The highest BCUT2D eigenvalue weighted by molar-refractivity contribution is 7.88. The van der Waals surface area contributed by atoms with Crippen molar-refractivity contribution in [3.63, 3.8) is 0 Å². The number of rotatable bonds is 5. The van der Waals surface area contributed by atoms with Gasteiger partial charge in [-0.1, -0.05) is 0 Å². The molecule has 1 aromatic rings. The zero-order chi connectivity index (χ0) is 13.8. The Morgan fingerprint density at radius 1 is 1.39 bits per heavy atom. The summed E-state index contributed by atoms with van der Waals surface area (Å²) in [7, 11) is -3.30. The summed E-state index contributed by atoms with van der Waals surface area (Å²) in [5.74, 6) is -1.33. The summed E-state index contributed by atoms with van der Waals surface area (Å²) >= 11 is 0. The predicted octanol–water partition coefficient (Wildman–Crippen LogP) is -0.313. The number of hydrogen-bond donors (Lipinski definition) is 3.